The average molecular weight is 494 g/mol. The van der Waals surface area contributed by atoms with Crippen LogP contribution in [-0.2, 0) is 11.2 Å². The van der Waals surface area contributed by atoms with Crippen LogP contribution < -0.4 is 5.32 Å². The van der Waals surface area contributed by atoms with Crippen molar-refractivity contribution in [3.63, 3.8) is 0 Å². The van der Waals surface area contributed by atoms with Crippen molar-refractivity contribution < 1.29 is 13.5 Å². The van der Waals surface area contributed by atoms with Crippen LogP contribution in [0, 0.1) is 11.6 Å². The minimum absolute atomic E-state index is 0. The highest BCUT2D eigenvalue weighted by molar-refractivity contribution is 14.0. The van der Waals surface area contributed by atoms with E-state index in [1.165, 1.54) is 18.2 Å². The topological polar surface area (TPSA) is 40.1 Å². The number of benzene rings is 1. The van der Waals surface area contributed by atoms with E-state index in [0.29, 0.717) is 12.6 Å². The normalized spacial score (nSPS) is 21.2. The van der Waals surface area contributed by atoms with Crippen molar-refractivity contribution in [2.75, 3.05) is 52.5 Å². The smallest absolute Gasteiger partial charge is 0.193 e. The molecule has 2 saturated heterocycles. The van der Waals surface area contributed by atoms with Crippen molar-refractivity contribution >= 4 is 29.9 Å². The van der Waals surface area contributed by atoms with Crippen molar-refractivity contribution in [1.29, 1.82) is 0 Å². The maximum absolute atomic E-state index is 13.8. The first-order valence-electron chi connectivity index (χ1n) is 9.47. The highest BCUT2D eigenvalue weighted by Crippen LogP contribution is 2.17. The third kappa shape index (κ3) is 5.99. The van der Waals surface area contributed by atoms with Gasteiger partial charge in [0.1, 0.15) is 11.6 Å². The lowest BCUT2D eigenvalue weighted by Gasteiger charge is -2.32. The molecular weight excluding hydrogens is 465 g/mol. The monoisotopic (exact) mass is 494 g/mol. The lowest BCUT2D eigenvalue weighted by atomic mass is 10.1. The SMILES string of the molecule is CCNC(=NCCc1c(F)cccc1F)N1CCC(N2CCOCC2)C1.I. The van der Waals surface area contributed by atoms with Gasteiger partial charge in [-0.05, 0) is 31.9 Å². The zero-order valence-electron chi connectivity index (χ0n) is 15.8. The Kier molecular flexibility index (Phi) is 9.17. The first kappa shape index (κ1) is 22.3. The molecule has 3 rings (SSSR count). The Bertz CT molecular complexity index is 605. The van der Waals surface area contributed by atoms with Crippen LogP contribution in [0.25, 0.3) is 0 Å². The van der Waals surface area contributed by atoms with Crippen LogP contribution in [0.5, 0.6) is 0 Å². The van der Waals surface area contributed by atoms with Crippen LogP contribution in [0.3, 0.4) is 0 Å². The minimum Gasteiger partial charge on any atom is -0.379 e. The van der Waals surface area contributed by atoms with Gasteiger partial charge in [0.15, 0.2) is 5.96 Å². The summed E-state index contributed by atoms with van der Waals surface area (Å²) in [6.45, 7) is 8.61. The Hall–Kier alpha value is -1.00. The fourth-order valence-electron chi connectivity index (χ4n) is 3.65. The standard InChI is InChI=1S/C19H28F2N4O.HI/c1-2-22-19(23-8-6-16-17(20)4-3-5-18(16)21)25-9-7-15(14-25)24-10-12-26-13-11-24;/h3-5,15H,2,6-14H2,1H3,(H,22,23);1H. The lowest BCUT2D eigenvalue weighted by molar-refractivity contribution is 0.0195. The average Bonchev–Trinajstić information content (AvgIpc) is 3.14. The molecule has 0 spiro atoms. The van der Waals surface area contributed by atoms with E-state index in [1.807, 2.05) is 6.92 Å². The Morgan fingerprint density at radius 1 is 1.22 bits per heavy atom. The first-order valence-corrected chi connectivity index (χ1v) is 9.47. The van der Waals surface area contributed by atoms with Gasteiger partial charge in [-0.2, -0.15) is 0 Å². The fraction of sp³-hybridized carbons (Fsp3) is 0.632. The van der Waals surface area contributed by atoms with Gasteiger partial charge in [-0.25, -0.2) is 8.78 Å². The van der Waals surface area contributed by atoms with E-state index in [4.69, 9.17) is 4.74 Å². The molecule has 1 aromatic rings. The van der Waals surface area contributed by atoms with E-state index >= 15 is 0 Å². The van der Waals surface area contributed by atoms with Gasteiger partial charge in [0, 0.05) is 50.9 Å². The number of aliphatic imine (C=N–C) groups is 1. The first-order chi connectivity index (χ1) is 12.7. The summed E-state index contributed by atoms with van der Waals surface area (Å²) in [6.07, 6.45) is 1.36. The fourth-order valence-corrected chi connectivity index (χ4v) is 3.65. The Morgan fingerprint density at radius 2 is 1.93 bits per heavy atom. The van der Waals surface area contributed by atoms with Crippen LogP contribution in [0.1, 0.15) is 18.9 Å². The van der Waals surface area contributed by atoms with Crippen LogP contribution in [0.2, 0.25) is 0 Å². The molecule has 1 atom stereocenters. The second-order valence-electron chi connectivity index (χ2n) is 6.72. The molecule has 1 aromatic carbocycles. The Labute approximate surface area is 177 Å². The Morgan fingerprint density at radius 3 is 2.59 bits per heavy atom. The number of ether oxygens (including phenoxy) is 1. The summed E-state index contributed by atoms with van der Waals surface area (Å²) >= 11 is 0. The largest absolute Gasteiger partial charge is 0.379 e. The summed E-state index contributed by atoms with van der Waals surface area (Å²) in [5.74, 6) is -0.169. The molecule has 0 aromatic heterocycles. The molecule has 0 saturated carbocycles. The van der Waals surface area contributed by atoms with Gasteiger partial charge in [-0.3, -0.25) is 9.89 Å². The summed E-state index contributed by atoms with van der Waals surface area (Å²) in [7, 11) is 0. The van der Waals surface area contributed by atoms with E-state index in [1.54, 1.807) is 0 Å². The molecule has 0 amide bonds. The van der Waals surface area contributed by atoms with Gasteiger partial charge in [0.2, 0.25) is 0 Å². The van der Waals surface area contributed by atoms with Crippen LogP contribution >= 0.6 is 24.0 Å². The number of hydrogen-bond donors (Lipinski definition) is 1. The number of morpholine rings is 1. The molecule has 2 aliphatic heterocycles. The van der Waals surface area contributed by atoms with Gasteiger partial charge >= 0.3 is 0 Å². The summed E-state index contributed by atoms with van der Waals surface area (Å²) in [5, 5.41) is 3.31. The lowest BCUT2D eigenvalue weighted by Crippen LogP contribution is -2.46. The molecule has 2 heterocycles. The molecule has 8 heteroatoms. The Balaban J connectivity index is 0.00000261. The van der Waals surface area contributed by atoms with E-state index in [9.17, 15) is 8.78 Å². The van der Waals surface area contributed by atoms with Crippen molar-refractivity contribution in [2.24, 2.45) is 4.99 Å². The molecule has 2 fully saturated rings. The molecule has 5 nitrogen and oxygen atoms in total. The number of guanidine groups is 1. The predicted octanol–water partition coefficient (Wildman–Crippen LogP) is 2.50. The van der Waals surface area contributed by atoms with Gasteiger partial charge in [0.25, 0.3) is 0 Å². The van der Waals surface area contributed by atoms with Crippen LogP contribution in [-0.4, -0.2) is 74.3 Å². The summed E-state index contributed by atoms with van der Waals surface area (Å²) < 4.78 is 32.9. The summed E-state index contributed by atoms with van der Waals surface area (Å²) in [5.41, 5.74) is 0.111. The molecule has 152 valence electrons. The molecule has 2 aliphatic rings. The van der Waals surface area contributed by atoms with E-state index in [-0.39, 0.29) is 36.0 Å². The number of halogens is 3. The van der Waals surface area contributed by atoms with Gasteiger partial charge in [-0.15, -0.1) is 24.0 Å². The van der Waals surface area contributed by atoms with E-state index < -0.39 is 11.6 Å². The maximum Gasteiger partial charge on any atom is 0.193 e. The highest BCUT2D eigenvalue weighted by atomic mass is 127. The molecule has 0 aliphatic carbocycles. The van der Waals surface area contributed by atoms with Crippen molar-refractivity contribution in [1.82, 2.24) is 15.1 Å². The number of likely N-dealkylation sites (tertiary alicyclic amines) is 1. The van der Waals surface area contributed by atoms with Crippen LogP contribution in [0.4, 0.5) is 8.78 Å². The number of rotatable bonds is 5. The summed E-state index contributed by atoms with van der Waals surface area (Å²) in [4.78, 5) is 9.35. The van der Waals surface area contributed by atoms with Crippen LogP contribution in [0.15, 0.2) is 23.2 Å². The second kappa shape index (κ2) is 11.1. The molecule has 27 heavy (non-hydrogen) atoms. The number of nitrogens with zero attached hydrogens (tertiary/aromatic N) is 3. The zero-order chi connectivity index (χ0) is 18.4. The van der Waals surface area contributed by atoms with Gasteiger partial charge in [0.05, 0.1) is 13.2 Å². The highest BCUT2D eigenvalue weighted by Gasteiger charge is 2.30. The second-order valence-corrected chi connectivity index (χ2v) is 6.72. The summed E-state index contributed by atoms with van der Waals surface area (Å²) in [6, 6.07) is 4.49. The van der Waals surface area contributed by atoms with Crippen molar-refractivity contribution in [3.8, 4) is 0 Å². The molecule has 0 bridgehead atoms. The quantitative estimate of drug-likeness (QED) is 0.388. The molecule has 1 N–H and O–H groups in total. The predicted molar refractivity (Wildman–Crippen MR) is 114 cm³/mol. The number of hydrogen-bond acceptors (Lipinski definition) is 3. The van der Waals surface area contributed by atoms with Gasteiger partial charge in [-0.1, -0.05) is 6.07 Å². The third-order valence-electron chi connectivity index (χ3n) is 5.04. The maximum atomic E-state index is 13.8. The van der Waals surface area contributed by atoms with Crippen molar-refractivity contribution in [3.05, 3.63) is 35.4 Å². The van der Waals surface area contributed by atoms with Crippen molar-refractivity contribution in [2.45, 2.75) is 25.8 Å². The van der Waals surface area contributed by atoms with E-state index in [0.717, 1.165) is 58.3 Å². The number of nitrogens with one attached hydrogen (secondary N) is 1. The molecule has 0 radical (unpaired) electrons. The third-order valence-corrected chi connectivity index (χ3v) is 5.04. The van der Waals surface area contributed by atoms with E-state index in [2.05, 4.69) is 20.1 Å². The minimum atomic E-state index is -0.501. The molecule has 1 unspecified atom stereocenters. The molecular formula is C19H29F2IN4O. The zero-order valence-corrected chi connectivity index (χ0v) is 18.1. The van der Waals surface area contributed by atoms with Gasteiger partial charge < -0.3 is 15.0 Å².